The van der Waals surface area contributed by atoms with Crippen molar-refractivity contribution in [2.45, 2.75) is 44.3 Å². The molecule has 1 atom stereocenters. The molecular formula is C11H18N4O2. The fourth-order valence-corrected chi connectivity index (χ4v) is 1.92. The van der Waals surface area contributed by atoms with Crippen LogP contribution in [0.2, 0.25) is 0 Å². The Labute approximate surface area is 100 Å². The largest absolute Gasteiger partial charge is 0.407 e. The summed E-state index contributed by atoms with van der Waals surface area (Å²) in [5.74, 6) is 0.641. The quantitative estimate of drug-likeness (QED) is 0.794. The van der Waals surface area contributed by atoms with Gasteiger partial charge in [-0.15, -0.1) is 5.10 Å². The van der Waals surface area contributed by atoms with E-state index in [4.69, 9.17) is 9.15 Å². The Morgan fingerprint density at radius 3 is 3.00 bits per heavy atom. The van der Waals surface area contributed by atoms with Crippen LogP contribution in [0.5, 0.6) is 0 Å². The summed E-state index contributed by atoms with van der Waals surface area (Å²) < 4.78 is 10.9. The first-order valence-corrected chi connectivity index (χ1v) is 6.15. The Morgan fingerprint density at radius 2 is 2.29 bits per heavy atom. The van der Waals surface area contributed by atoms with E-state index in [1.165, 1.54) is 12.8 Å². The summed E-state index contributed by atoms with van der Waals surface area (Å²) in [6, 6.07) is 1.14. The Kier molecular flexibility index (Phi) is 2.76. The van der Waals surface area contributed by atoms with Gasteiger partial charge in [0.25, 0.3) is 0 Å². The second-order valence-electron chi connectivity index (χ2n) is 5.14. The van der Waals surface area contributed by atoms with Gasteiger partial charge in [0, 0.05) is 12.6 Å². The molecular weight excluding hydrogens is 220 g/mol. The van der Waals surface area contributed by atoms with Gasteiger partial charge in [0.1, 0.15) is 0 Å². The monoisotopic (exact) mass is 238 g/mol. The molecule has 94 valence electrons. The highest BCUT2D eigenvalue weighted by atomic mass is 16.5. The molecule has 2 fully saturated rings. The van der Waals surface area contributed by atoms with E-state index in [2.05, 4.69) is 27.8 Å². The molecule has 2 heterocycles. The Hall–Kier alpha value is -1.14. The molecule has 6 nitrogen and oxygen atoms in total. The molecule has 0 spiro atoms. The van der Waals surface area contributed by atoms with Crippen LogP contribution in [0.15, 0.2) is 4.42 Å². The van der Waals surface area contributed by atoms with E-state index in [1.807, 2.05) is 0 Å². The fourth-order valence-electron chi connectivity index (χ4n) is 1.92. The first-order valence-electron chi connectivity index (χ1n) is 6.15. The molecule has 2 N–H and O–H groups in total. The molecule has 3 rings (SSSR count). The van der Waals surface area contributed by atoms with Crippen LogP contribution in [0, 0.1) is 0 Å². The van der Waals surface area contributed by atoms with E-state index >= 15 is 0 Å². The second-order valence-corrected chi connectivity index (χ2v) is 5.14. The molecule has 0 aromatic carbocycles. The Morgan fingerprint density at radius 1 is 1.41 bits per heavy atom. The SMILES string of the molecule is CC1(Nc2nnc(CNC3CC3)o2)CCOC1. The van der Waals surface area contributed by atoms with E-state index < -0.39 is 0 Å². The van der Waals surface area contributed by atoms with Crippen LogP contribution in [0.1, 0.15) is 32.1 Å². The lowest BCUT2D eigenvalue weighted by Crippen LogP contribution is -2.35. The third kappa shape index (κ3) is 2.76. The molecule has 0 amide bonds. The van der Waals surface area contributed by atoms with Crippen LogP contribution in [0.25, 0.3) is 0 Å². The lowest BCUT2D eigenvalue weighted by Gasteiger charge is -2.21. The maximum Gasteiger partial charge on any atom is 0.316 e. The lowest BCUT2D eigenvalue weighted by atomic mass is 10.0. The van der Waals surface area contributed by atoms with E-state index in [0.717, 1.165) is 13.0 Å². The van der Waals surface area contributed by atoms with E-state index in [-0.39, 0.29) is 5.54 Å². The average Bonchev–Trinajstić information content (AvgIpc) is 2.89. The summed E-state index contributed by atoms with van der Waals surface area (Å²) in [6.07, 6.45) is 3.48. The molecule has 1 aromatic rings. The van der Waals surface area contributed by atoms with Crippen LogP contribution < -0.4 is 10.6 Å². The van der Waals surface area contributed by atoms with Crippen molar-refractivity contribution >= 4 is 6.01 Å². The summed E-state index contributed by atoms with van der Waals surface area (Å²) in [5.41, 5.74) is -0.0757. The number of anilines is 1. The molecule has 0 bridgehead atoms. The van der Waals surface area contributed by atoms with Crippen molar-refractivity contribution in [1.29, 1.82) is 0 Å². The van der Waals surface area contributed by atoms with Gasteiger partial charge in [-0.1, -0.05) is 5.10 Å². The summed E-state index contributed by atoms with van der Waals surface area (Å²) in [4.78, 5) is 0. The van der Waals surface area contributed by atoms with Crippen molar-refractivity contribution in [1.82, 2.24) is 15.5 Å². The zero-order valence-corrected chi connectivity index (χ0v) is 10.0. The van der Waals surface area contributed by atoms with Crippen molar-refractivity contribution in [2.24, 2.45) is 0 Å². The van der Waals surface area contributed by atoms with Crippen molar-refractivity contribution in [3.63, 3.8) is 0 Å². The fraction of sp³-hybridized carbons (Fsp3) is 0.818. The van der Waals surface area contributed by atoms with Gasteiger partial charge in [0.15, 0.2) is 0 Å². The van der Waals surface area contributed by atoms with Crippen molar-refractivity contribution in [3.8, 4) is 0 Å². The highest BCUT2D eigenvalue weighted by molar-refractivity contribution is 5.24. The molecule has 1 unspecified atom stereocenters. The van der Waals surface area contributed by atoms with Gasteiger partial charge in [-0.3, -0.25) is 0 Å². The predicted octanol–water partition coefficient (Wildman–Crippen LogP) is 0.912. The van der Waals surface area contributed by atoms with Crippen LogP contribution in [-0.4, -0.2) is 35.0 Å². The van der Waals surface area contributed by atoms with Gasteiger partial charge in [-0.2, -0.15) is 0 Å². The average molecular weight is 238 g/mol. The van der Waals surface area contributed by atoms with Gasteiger partial charge < -0.3 is 19.8 Å². The molecule has 0 radical (unpaired) electrons. The molecule has 1 saturated heterocycles. The minimum absolute atomic E-state index is 0.0757. The number of aromatic nitrogens is 2. The number of rotatable bonds is 5. The third-order valence-electron chi connectivity index (χ3n) is 3.21. The van der Waals surface area contributed by atoms with Gasteiger partial charge in [0.05, 0.1) is 18.7 Å². The van der Waals surface area contributed by atoms with E-state index in [1.54, 1.807) is 0 Å². The van der Waals surface area contributed by atoms with Crippen LogP contribution >= 0.6 is 0 Å². The molecule has 1 aliphatic carbocycles. The summed E-state index contributed by atoms with van der Waals surface area (Å²) >= 11 is 0. The highest BCUT2D eigenvalue weighted by Crippen LogP contribution is 2.23. The molecule has 6 heteroatoms. The van der Waals surface area contributed by atoms with E-state index in [9.17, 15) is 0 Å². The summed E-state index contributed by atoms with van der Waals surface area (Å²) in [5, 5.41) is 14.6. The normalized spacial score (nSPS) is 28.5. The van der Waals surface area contributed by atoms with Crippen molar-refractivity contribution in [3.05, 3.63) is 5.89 Å². The standard InChI is InChI=1S/C11H18N4O2/c1-11(4-5-16-7-11)13-10-15-14-9(17-10)6-12-8-2-3-8/h8,12H,2-7H2,1H3,(H,13,15). The number of nitrogens with one attached hydrogen (secondary N) is 2. The van der Waals surface area contributed by atoms with Gasteiger partial charge >= 0.3 is 6.01 Å². The molecule has 17 heavy (non-hydrogen) atoms. The summed E-state index contributed by atoms with van der Waals surface area (Å²) in [6.45, 7) is 4.23. The van der Waals surface area contributed by atoms with Crippen molar-refractivity contribution < 1.29 is 9.15 Å². The van der Waals surface area contributed by atoms with Crippen LogP contribution in [0.3, 0.4) is 0 Å². The zero-order chi connectivity index (χ0) is 11.7. The van der Waals surface area contributed by atoms with Gasteiger partial charge in [0.2, 0.25) is 5.89 Å². The minimum atomic E-state index is -0.0757. The number of hydrogen-bond donors (Lipinski definition) is 2. The third-order valence-corrected chi connectivity index (χ3v) is 3.21. The van der Waals surface area contributed by atoms with Crippen LogP contribution in [0.4, 0.5) is 6.01 Å². The first kappa shape index (κ1) is 11.0. The molecule has 1 saturated carbocycles. The van der Waals surface area contributed by atoms with Gasteiger partial charge in [-0.05, 0) is 26.2 Å². The highest BCUT2D eigenvalue weighted by Gasteiger charge is 2.31. The number of ether oxygens (including phenoxy) is 1. The minimum Gasteiger partial charge on any atom is -0.407 e. The Bertz CT molecular complexity index is 383. The number of hydrogen-bond acceptors (Lipinski definition) is 6. The lowest BCUT2D eigenvalue weighted by molar-refractivity contribution is 0.184. The molecule has 1 aromatic heterocycles. The second kappa shape index (κ2) is 4.27. The van der Waals surface area contributed by atoms with E-state index in [0.29, 0.717) is 31.1 Å². The zero-order valence-electron chi connectivity index (χ0n) is 10.0. The topological polar surface area (TPSA) is 72.2 Å². The maximum absolute atomic E-state index is 5.54. The Balaban J connectivity index is 1.55. The smallest absolute Gasteiger partial charge is 0.316 e. The first-order chi connectivity index (χ1) is 8.23. The predicted molar refractivity (Wildman–Crippen MR) is 61.6 cm³/mol. The molecule has 2 aliphatic rings. The van der Waals surface area contributed by atoms with Gasteiger partial charge in [-0.25, -0.2) is 0 Å². The van der Waals surface area contributed by atoms with Crippen molar-refractivity contribution in [2.75, 3.05) is 18.5 Å². The maximum atomic E-state index is 5.54. The summed E-state index contributed by atoms with van der Waals surface area (Å²) in [7, 11) is 0. The number of nitrogens with zero attached hydrogens (tertiary/aromatic N) is 2. The molecule has 1 aliphatic heterocycles. The van der Waals surface area contributed by atoms with Crippen LogP contribution in [-0.2, 0) is 11.3 Å².